The van der Waals surface area contributed by atoms with Crippen LogP contribution in [0.4, 0.5) is 4.39 Å². The first-order chi connectivity index (χ1) is 14.0. The smallest absolute Gasteiger partial charge is 0.252 e. The lowest BCUT2D eigenvalue weighted by molar-refractivity contribution is 0.0997. The van der Waals surface area contributed by atoms with Gasteiger partial charge in [0, 0.05) is 24.8 Å². The number of nitrogens with one attached hydrogen (secondary N) is 1. The molecule has 4 N–H and O–H groups in total. The van der Waals surface area contributed by atoms with Crippen LogP contribution in [0, 0.1) is 5.82 Å². The van der Waals surface area contributed by atoms with Crippen LogP contribution in [-0.4, -0.2) is 16.0 Å². The van der Waals surface area contributed by atoms with Gasteiger partial charge < -0.3 is 20.9 Å². The molecule has 0 aliphatic heterocycles. The summed E-state index contributed by atoms with van der Waals surface area (Å²) in [4.78, 5) is 15.5. The molecule has 0 fully saturated rings. The predicted octanol–water partition coefficient (Wildman–Crippen LogP) is 4.06. The van der Waals surface area contributed by atoms with Gasteiger partial charge in [-0.05, 0) is 48.4 Å². The zero-order valence-corrected chi connectivity index (χ0v) is 15.9. The van der Waals surface area contributed by atoms with Gasteiger partial charge in [-0.15, -0.1) is 0 Å². The Labute approximate surface area is 168 Å². The first-order valence-electron chi connectivity index (χ1n) is 9.21. The van der Waals surface area contributed by atoms with E-state index in [2.05, 4.69) is 17.2 Å². The number of benzene rings is 2. The number of carbonyl (C=O) groups is 1. The SMILES string of the molecule is CC[C@@H](NCc1ccc(Oc2ccc(C(N)=O)c(O)c2)c(F)c1)c1ccccn1. The highest BCUT2D eigenvalue weighted by Crippen LogP contribution is 2.29. The summed E-state index contributed by atoms with van der Waals surface area (Å²) in [6.07, 6.45) is 2.60. The first kappa shape index (κ1) is 20.3. The molecule has 150 valence electrons. The molecule has 0 spiro atoms. The summed E-state index contributed by atoms with van der Waals surface area (Å²) < 4.78 is 19.9. The van der Waals surface area contributed by atoms with Crippen molar-refractivity contribution in [2.45, 2.75) is 25.9 Å². The summed E-state index contributed by atoms with van der Waals surface area (Å²) in [5, 5.41) is 13.2. The molecule has 3 rings (SSSR count). The summed E-state index contributed by atoms with van der Waals surface area (Å²) >= 11 is 0. The van der Waals surface area contributed by atoms with Crippen molar-refractivity contribution in [3.63, 3.8) is 0 Å². The van der Waals surface area contributed by atoms with Crippen LogP contribution in [0.1, 0.15) is 41.0 Å². The van der Waals surface area contributed by atoms with Gasteiger partial charge in [-0.2, -0.15) is 0 Å². The average Bonchev–Trinajstić information content (AvgIpc) is 2.71. The molecule has 0 aliphatic rings. The number of amides is 1. The second-order valence-electron chi connectivity index (χ2n) is 6.51. The summed E-state index contributed by atoms with van der Waals surface area (Å²) in [7, 11) is 0. The van der Waals surface area contributed by atoms with E-state index in [1.54, 1.807) is 12.3 Å². The van der Waals surface area contributed by atoms with E-state index in [0.717, 1.165) is 17.7 Å². The van der Waals surface area contributed by atoms with E-state index in [4.69, 9.17) is 10.5 Å². The molecule has 7 heteroatoms. The van der Waals surface area contributed by atoms with Gasteiger partial charge in [-0.3, -0.25) is 9.78 Å². The van der Waals surface area contributed by atoms with Gasteiger partial charge >= 0.3 is 0 Å². The van der Waals surface area contributed by atoms with Gasteiger partial charge in [0.15, 0.2) is 11.6 Å². The average molecular weight is 395 g/mol. The number of phenols is 1. The number of hydrogen-bond donors (Lipinski definition) is 3. The van der Waals surface area contributed by atoms with Crippen molar-refractivity contribution in [1.82, 2.24) is 10.3 Å². The maximum Gasteiger partial charge on any atom is 0.252 e. The molecule has 3 aromatic rings. The number of ether oxygens (including phenoxy) is 1. The number of pyridine rings is 1. The number of nitrogens with zero attached hydrogens (tertiary/aromatic N) is 1. The molecule has 0 saturated heterocycles. The number of aromatic hydroxyl groups is 1. The Kier molecular flexibility index (Phi) is 6.41. The van der Waals surface area contributed by atoms with Gasteiger partial charge in [0.2, 0.25) is 0 Å². The zero-order valence-electron chi connectivity index (χ0n) is 15.9. The van der Waals surface area contributed by atoms with Gasteiger partial charge in [0.1, 0.15) is 11.5 Å². The molecular weight excluding hydrogens is 373 g/mol. The summed E-state index contributed by atoms with van der Waals surface area (Å²) in [6.45, 7) is 2.53. The van der Waals surface area contributed by atoms with Crippen LogP contribution in [0.25, 0.3) is 0 Å². The van der Waals surface area contributed by atoms with Crippen molar-refractivity contribution in [3.8, 4) is 17.2 Å². The third-order valence-electron chi connectivity index (χ3n) is 4.46. The Morgan fingerprint density at radius 1 is 1.24 bits per heavy atom. The van der Waals surface area contributed by atoms with Crippen LogP contribution in [0.3, 0.4) is 0 Å². The molecule has 2 aromatic carbocycles. The fraction of sp³-hybridized carbons (Fsp3) is 0.182. The fourth-order valence-corrected chi connectivity index (χ4v) is 2.93. The number of hydrogen-bond acceptors (Lipinski definition) is 5. The van der Waals surface area contributed by atoms with Gasteiger partial charge in [-0.1, -0.05) is 19.1 Å². The molecule has 0 unspecified atom stereocenters. The first-order valence-corrected chi connectivity index (χ1v) is 9.21. The lowest BCUT2D eigenvalue weighted by Crippen LogP contribution is -2.21. The van der Waals surface area contributed by atoms with Crippen molar-refractivity contribution in [3.05, 3.63) is 83.4 Å². The van der Waals surface area contributed by atoms with Crippen LogP contribution in [0.15, 0.2) is 60.8 Å². The topological polar surface area (TPSA) is 97.5 Å². The number of nitrogens with two attached hydrogens (primary N) is 1. The fourth-order valence-electron chi connectivity index (χ4n) is 2.93. The quantitative estimate of drug-likeness (QED) is 0.534. The zero-order chi connectivity index (χ0) is 20.8. The van der Waals surface area contributed by atoms with Crippen molar-refractivity contribution in [1.29, 1.82) is 0 Å². The van der Waals surface area contributed by atoms with Gasteiger partial charge in [0.25, 0.3) is 5.91 Å². The van der Waals surface area contributed by atoms with Crippen LogP contribution in [-0.2, 0) is 6.54 Å². The van der Waals surface area contributed by atoms with E-state index < -0.39 is 11.7 Å². The number of carbonyl (C=O) groups excluding carboxylic acids is 1. The monoisotopic (exact) mass is 395 g/mol. The van der Waals surface area contributed by atoms with Crippen LogP contribution in [0.2, 0.25) is 0 Å². The Balaban J connectivity index is 1.67. The van der Waals surface area contributed by atoms with E-state index in [1.807, 2.05) is 18.2 Å². The maximum atomic E-state index is 14.5. The van der Waals surface area contributed by atoms with E-state index in [1.165, 1.54) is 30.3 Å². The highest BCUT2D eigenvalue weighted by molar-refractivity contribution is 5.95. The highest BCUT2D eigenvalue weighted by atomic mass is 19.1. The third-order valence-corrected chi connectivity index (χ3v) is 4.46. The number of halogens is 1. The second kappa shape index (κ2) is 9.16. The molecule has 29 heavy (non-hydrogen) atoms. The molecule has 0 bridgehead atoms. The van der Waals surface area contributed by atoms with E-state index >= 15 is 0 Å². The van der Waals surface area contributed by atoms with Gasteiger partial charge in [0.05, 0.1) is 11.3 Å². The van der Waals surface area contributed by atoms with Crippen LogP contribution in [0.5, 0.6) is 17.2 Å². The van der Waals surface area contributed by atoms with E-state index in [-0.39, 0.29) is 28.9 Å². The molecule has 6 nitrogen and oxygen atoms in total. The lowest BCUT2D eigenvalue weighted by atomic mass is 10.1. The lowest BCUT2D eigenvalue weighted by Gasteiger charge is -2.17. The molecule has 0 aliphatic carbocycles. The van der Waals surface area contributed by atoms with Gasteiger partial charge in [-0.25, -0.2) is 4.39 Å². The van der Waals surface area contributed by atoms with Crippen molar-refractivity contribution < 1.29 is 19.0 Å². The molecular formula is C22H22FN3O3. The Morgan fingerprint density at radius 2 is 2.07 bits per heavy atom. The van der Waals surface area contributed by atoms with Crippen molar-refractivity contribution >= 4 is 5.91 Å². The van der Waals surface area contributed by atoms with E-state index in [9.17, 15) is 14.3 Å². The third kappa shape index (κ3) is 5.08. The maximum absolute atomic E-state index is 14.5. The van der Waals surface area contributed by atoms with Crippen LogP contribution < -0.4 is 15.8 Å². The Morgan fingerprint density at radius 3 is 2.69 bits per heavy atom. The number of primary amides is 1. The van der Waals surface area contributed by atoms with Crippen molar-refractivity contribution in [2.24, 2.45) is 5.73 Å². The number of rotatable bonds is 8. The van der Waals surface area contributed by atoms with Crippen LogP contribution >= 0.6 is 0 Å². The summed E-state index contributed by atoms with van der Waals surface area (Å²) in [6, 6.07) is 14.5. The minimum absolute atomic E-state index is 0.0109. The Hall–Kier alpha value is -3.45. The summed E-state index contributed by atoms with van der Waals surface area (Å²) in [5.74, 6) is -1.41. The summed E-state index contributed by atoms with van der Waals surface area (Å²) in [5.41, 5.74) is 6.82. The van der Waals surface area contributed by atoms with Crippen molar-refractivity contribution in [2.75, 3.05) is 0 Å². The molecule has 0 radical (unpaired) electrons. The molecule has 1 atom stereocenters. The normalized spacial score (nSPS) is 11.8. The highest BCUT2D eigenvalue weighted by Gasteiger charge is 2.13. The standard InChI is InChI=1S/C22H22FN3O3/c1-2-18(19-5-3-4-10-25-19)26-13-14-6-9-21(17(23)11-14)29-15-7-8-16(22(24)28)20(27)12-15/h3-12,18,26-27H,2,13H2,1H3,(H2,24,28)/t18-/m1/s1. The second-order valence-corrected chi connectivity index (χ2v) is 6.51. The molecule has 1 aromatic heterocycles. The largest absolute Gasteiger partial charge is 0.507 e. The van der Waals surface area contributed by atoms with E-state index in [0.29, 0.717) is 6.54 Å². The minimum atomic E-state index is -0.756. The molecule has 0 saturated carbocycles. The minimum Gasteiger partial charge on any atom is -0.507 e. The molecule has 1 heterocycles. The molecule has 1 amide bonds. The number of aromatic nitrogens is 1. The Bertz CT molecular complexity index is 996. The predicted molar refractivity (Wildman–Crippen MR) is 107 cm³/mol.